The number of hydrogen-bond donors (Lipinski definition) is 1. The normalized spacial score (nSPS) is 22.2. The predicted octanol–water partition coefficient (Wildman–Crippen LogP) is 2.80. The van der Waals surface area contributed by atoms with Gasteiger partial charge in [0.25, 0.3) is 11.8 Å². The van der Waals surface area contributed by atoms with Crippen molar-refractivity contribution in [2.45, 2.75) is 24.9 Å². The number of rotatable bonds is 3. The molecule has 4 amide bonds. The molecule has 1 N–H and O–H groups in total. The number of nitrogens with zero attached hydrogens (tertiary/aromatic N) is 2. The van der Waals surface area contributed by atoms with Gasteiger partial charge in [-0.05, 0) is 48.7 Å². The Balaban J connectivity index is 1.34. The Hall–Kier alpha value is -3.26. The molecular weight excluding hydrogens is 422 g/mol. The Labute approximate surface area is 183 Å². The van der Waals surface area contributed by atoms with Gasteiger partial charge in [0, 0.05) is 17.1 Å². The van der Waals surface area contributed by atoms with Gasteiger partial charge < -0.3 is 19.7 Å². The van der Waals surface area contributed by atoms with Crippen LogP contribution in [0.4, 0.5) is 4.79 Å². The van der Waals surface area contributed by atoms with E-state index in [0.29, 0.717) is 41.5 Å². The number of nitrogens with one attached hydrogen (secondary N) is 1. The van der Waals surface area contributed by atoms with E-state index in [1.54, 1.807) is 47.4 Å². The maximum Gasteiger partial charge on any atom is 0.325 e. The second kappa shape index (κ2) is 7.46. The summed E-state index contributed by atoms with van der Waals surface area (Å²) in [5.41, 5.74) is 0.151. The van der Waals surface area contributed by atoms with Crippen LogP contribution in [0.5, 0.6) is 11.5 Å². The van der Waals surface area contributed by atoms with Gasteiger partial charge in [0.05, 0.1) is 13.1 Å². The van der Waals surface area contributed by atoms with Crippen LogP contribution in [-0.2, 0) is 11.3 Å². The van der Waals surface area contributed by atoms with Crippen LogP contribution in [0.1, 0.15) is 28.8 Å². The second-order valence-electron chi connectivity index (χ2n) is 7.93. The van der Waals surface area contributed by atoms with E-state index in [-0.39, 0.29) is 31.7 Å². The monoisotopic (exact) mass is 441 g/mol. The molecule has 9 heteroatoms. The fourth-order valence-electron chi connectivity index (χ4n) is 4.31. The summed E-state index contributed by atoms with van der Waals surface area (Å²) in [6.45, 7) is 0.917. The van der Waals surface area contributed by atoms with E-state index in [9.17, 15) is 14.4 Å². The van der Waals surface area contributed by atoms with Crippen LogP contribution in [0.15, 0.2) is 42.5 Å². The Bertz CT molecular complexity index is 1070. The van der Waals surface area contributed by atoms with E-state index in [1.807, 2.05) is 0 Å². The van der Waals surface area contributed by atoms with Crippen LogP contribution in [0.3, 0.4) is 0 Å². The SMILES string of the molecule is O=C(c1ccc2c(c1)OCO2)N1CCC[C@]2(C1)NC(=O)N(Cc1ccc(Cl)cc1)C2=O. The van der Waals surface area contributed by atoms with Gasteiger partial charge in [0.2, 0.25) is 6.79 Å². The molecule has 5 rings (SSSR count). The molecular formula is C22H20ClN3O5. The van der Waals surface area contributed by atoms with Crippen molar-refractivity contribution in [1.82, 2.24) is 15.1 Å². The Morgan fingerprint density at radius 1 is 1.10 bits per heavy atom. The van der Waals surface area contributed by atoms with Crippen LogP contribution in [0.25, 0.3) is 0 Å². The standard InChI is InChI=1S/C22H20ClN3O5/c23-16-5-2-14(3-6-16)11-26-20(28)22(24-21(26)29)8-1-9-25(12-22)19(27)15-4-7-17-18(10-15)31-13-30-17/h2-7,10H,1,8-9,11-13H2,(H,24,29)/t22-/m1/s1. The first kappa shape index (κ1) is 19.7. The van der Waals surface area contributed by atoms with E-state index < -0.39 is 11.6 Å². The summed E-state index contributed by atoms with van der Waals surface area (Å²) < 4.78 is 10.7. The number of carbonyl (C=O) groups excluding carboxylic acids is 3. The number of piperidine rings is 1. The molecule has 3 heterocycles. The summed E-state index contributed by atoms with van der Waals surface area (Å²) in [7, 11) is 0. The number of fused-ring (bicyclic) bond motifs is 1. The van der Waals surface area contributed by atoms with Gasteiger partial charge >= 0.3 is 6.03 Å². The van der Waals surface area contributed by atoms with Gasteiger partial charge in [0.1, 0.15) is 5.54 Å². The minimum Gasteiger partial charge on any atom is -0.454 e. The average molecular weight is 442 g/mol. The number of amides is 4. The van der Waals surface area contributed by atoms with Crippen LogP contribution in [0, 0.1) is 0 Å². The fraction of sp³-hybridized carbons (Fsp3) is 0.318. The molecule has 0 radical (unpaired) electrons. The smallest absolute Gasteiger partial charge is 0.325 e. The molecule has 0 unspecified atom stereocenters. The number of likely N-dealkylation sites (tertiary alicyclic amines) is 1. The highest BCUT2D eigenvalue weighted by Gasteiger charge is 2.53. The van der Waals surface area contributed by atoms with Crippen LogP contribution >= 0.6 is 11.6 Å². The lowest BCUT2D eigenvalue weighted by molar-refractivity contribution is -0.133. The van der Waals surface area contributed by atoms with Crippen LogP contribution in [-0.4, -0.2) is 53.1 Å². The molecule has 160 valence electrons. The maximum atomic E-state index is 13.3. The molecule has 2 saturated heterocycles. The van der Waals surface area contributed by atoms with Crippen molar-refractivity contribution in [2.24, 2.45) is 0 Å². The van der Waals surface area contributed by atoms with Gasteiger partial charge in [-0.15, -0.1) is 0 Å². The van der Waals surface area contributed by atoms with Gasteiger partial charge in [0.15, 0.2) is 11.5 Å². The van der Waals surface area contributed by atoms with Crippen molar-refractivity contribution in [3.63, 3.8) is 0 Å². The van der Waals surface area contributed by atoms with E-state index in [0.717, 1.165) is 5.56 Å². The number of imide groups is 1. The summed E-state index contributed by atoms with van der Waals surface area (Å²) in [6.07, 6.45) is 1.09. The van der Waals surface area contributed by atoms with Crippen molar-refractivity contribution in [3.05, 3.63) is 58.6 Å². The molecule has 0 saturated carbocycles. The molecule has 2 aromatic rings. The molecule has 1 spiro atoms. The zero-order valence-electron chi connectivity index (χ0n) is 16.6. The minimum absolute atomic E-state index is 0.127. The molecule has 0 bridgehead atoms. The Kier molecular flexibility index (Phi) is 4.74. The van der Waals surface area contributed by atoms with Crippen LogP contribution < -0.4 is 14.8 Å². The molecule has 31 heavy (non-hydrogen) atoms. The van der Waals surface area contributed by atoms with Crippen molar-refractivity contribution in [3.8, 4) is 11.5 Å². The molecule has 0 aliphatic carbocycles. The number of ether oxygens (including phenoxy) is 2. The third-order valence-corrected chi connectivity index (χ3v) is 6.15. The van der Waals surface area contributed by atoms with Gasteiger partial charge in [-0.1, -0.05) is 23.7 Å². The van der Waals surface area contributed by atoms with Crippen LogP contribution in [0.2, 0.25) is 5.02 Å². The highest BCUT2D eigenvalue weighted by atomic mass is 35.5. The average Bonchev–Trinajstić information content (AvgIpc) is 3.33. The van der Waals surface area contributed by atoms with E-state index in [1.165, 1.54) is 4.90 Å². The topological polar surface area (TPSA) is 88.2 Å². The Morgan fingerprint density at radius 3 is 2.68 bits per heavy atom. The number of halogens is 1. The lowest BCUT2D eigenvalue weighted by Crippen LogP contribution is -2.59. The zero-order chi connectivity index (χ0) is 21.6. The van der Waals surface area contributed by atoms with Crippen molar-refractivity contribution in [1.29, 1.82) is 0 Å². The highest BCUT2D eigenvalue weighted by molar-refractivity contribution is 6.30. The summed E-state index contributed by atoms with van der Waals surface area (Å²) >= 11 is 5.92. The van der Waals surface area contributed by atoms with Gasteiger partial charge in [-0.25, -0.2) is 4.79 Å². The summed E-state index contributed by atoms with van der Waals surface area (Å²) in [5.74, 6) is 0.603. The predicted molar refractivity (Wildman–Crippen MR) is 111 cm³/mol. The van der Waals surface area contributed by atoms with E-state index in [4.69, 9.17) is 21.1 Å². The quantitative estimate of drug-likeness (QED) is 0.740. The number of hydrogen-bond acceptors (Lipinski definition) is 5. The fourth-order valence-corrected chi connectivity index (χ4v) is 4.44. The summed E-state index contributed by atoms with van der Waals surface area (Å²) in [5, 5.41) is 3.44. The summed E-state index contributed by atoms with van der Waals surface area (Å²) in [4.78, 5) is 41.8. The van der Waals surface area contributed by atoms with Gasteiger partial charge in [-0.3, -0.25) is 14.5 Å². The lowest BCUT2D eigenvalue weighted by atomic mass is 9.88. The largest absolute Gasteiger partial charge is 0.454 e. The first-order valence-electron chi connectivity index (χ1n) is 10.0. The molecule has 3 aliphatic heterocycles. The first-order valence-corrected chi connectivity index (χ1v) is 10.4. The zero-order valence-corrected chi connectivity index (χ0v) is 17.4. The first-order chi connectivity index (χ1) is 14.9. The Morgan fingerprint density at radius 2 is 1.87 bits per heavy atom. The van der Waals surface area contributed by atoms with E-state index in [2.05, 4.69) is 5.32 Å². The minimum atomic E-state index is -1.10. The van der Waals surface area contributed by atoms with Gasteiger partial charge in [-0.2, -0.15) is 0 Å². The molecule has 0 aromatic heterocycles. The van der Waals surface area contributed by atoms with E-state index >= 15 is 0 Å². The maximum absolute atomic E-state index is 13.3. The number of benzene rings is 2. The third-order valence-electron chi connectivity index (χ3n) is 5.90. The molecule has 3 aliphatic rings. The number of urea groups is 1. The lowest BCUT2D eigenvalue weighted by Gasteiger charge is -2.38. The summed E-state index contributed by atoms with van der Waals surface area (Å²) in [6, 6.07) is 11.6. The molecule has 8 nitrogen and oxygen atoms in total. The highest BCUT2D eigenvalue weighted by Crippen LogP contribution is 2.34. The third kappa shape index (κ3) is 3.46. The molecule has 1 atom stereocenters. The number of carbonyl (C=O) groups is 3. The van der Waals surface area contributed by atoms with Crippen molar-refractivity contribution < 1.29 is 23.9 Å². The molecule has 2 aromatic carbocycles. The molecule has 2 fully saturated rings. The van der Waals surface area contributed by atoms with Crippen molar-refractivity contribution in [2.75, 3.05) is 19.9 Å². The van der Waals surface area contributed by atoms with Crippen molar-refractivity contribution >= 4 is 29.4 Å². The second-order valence-corrected chi connectivity index (χ2v) is 8.36.